The average molecular weight is 330 g/mol. The number of hydrogen-bond acceptors (Lipinski definition) is 3. The van der Waals surface area contributed by atoms with Gasteiger partial charge in [-0.25, -0.2) is 9.67 Å². The fraction of sp³-hybridized carbons (Fsp3) is 0.333. The van der Waals surface area contributed by atoms with Gasteiger partial charge in [0.1, 0.15) is 0 Å². The van der Waals surface area contributed by atoms with E-state index in [-0.39, 0.29) is 0 Å². The first-order chi connectivity index (χ1) is 8.56. The molecule has 0 fully saturated rings. The standard InChI is InChI=1S/C12H14BrClN4/c1-8(2)15-4-9-3-11(14)12(16-5-9)18-7-10(13)6-17-18/h3,5-8,15H,4H2,1-2H3. The summed E-state index contributed by atoms with van der Waals surface area (Å²) >= 11 is 9.57. The lowest BCUT2D eigenvalue weighted by Crippen LogP contribution is -2.22. The monoisotopic (exact) mass is 328 g/mol. The van der Waals surface area contributed by atoms with E-state index >= 15 is 0 Å². The van der Waals surface area contributed by atoms with Crippen molar-refractivity contribution in [2.75, 3.05) is 0 Å². The summed E-state index contributed by atoms with van der Waals surface area (Å²) in [4.78, 5) is 4.35. The largest absolute Gasteiger partial charge is 0.310 e. The van der Waals surface area contributed by atoms with Crippen LogP contribution < -0.4 is 5.32 Å². The number of nitrogens with zero attached hydrogens (tertiary/aromatic N) is 3. The highest BCUT2D eigenvalue weighted by Gasteiger charge is 2.07. The Morgan fingerprint density at radius 3 is 2.78 bits per heavy atom. The molecular formula is C12H14BrClN4. The molecule has 0 radical (unpaired) electrons. The van der Waals surface area contributed by atoms with Crippen LogP contribution in [0.3, 0.4) is 0 Å². The molecule has 0 bridgehead atoms. The fourth-order valence-corrected chi connectivity index (χ4v) is 2.04. The van der Waals surface area contributed by atoms with Gasteiger partial charge in [0.25, 0.3) is 0 Å². The van der Waals surface area contributed by atoms with E-state index in [9.17, 15) is 0 Å². The van der Waals surface area contributed by atoms with Gasteiger partial charge in [0, 0.05) is 25.0 Å². The molecular weight excluding hydrogens is 316 g/mol. The van der Waals surface area contributed by atoms with Crippen molar-refractivity contribution < 1.29 is 0 Å². The molecule has 2 heterocycles. The number of rotatable bonds is 4. The second kappa shape index (κ2) is 5.82. The topological polar surface area (TPSA) is 42.7 Å². The smallest absolute Gasteiger partial charge is 0.172 e. The first kappa shape index (κ1) is 13.5. The second-order valence-corrected chi connectivity index (χ2v) is 5.61. The Morgan fingerprint density at radius 2 is 2.22 bits per heavy atom. The zero-order chi connectivity index (χ0) is 13.1. The summed E-state index contributed by atoms with van der Waals surface area (Å²) in [5, 5.41) is 8.07. The molecule has 18 heavy (non-hydrogen) atoms. The summed E-state index contributed by atoms with van der Waals surface area (Å²) in [5.74, 6) is 0.635. The van der Waals surface area contributed by atoms with Crippen LogP contribution in [-0.4, -0.2) is 20.8 Å². The minimum atomic E-state index is 0.436. The highest BCUT2D eigenvalue weighted by Crippen LogP contribution is 2.20. The Hall–Kier alpha value is -0.910. The van der Waals surface area contributed by atoms with Crippen molar-refractivity contribution in [2.45, 2.75) is 26.4 Å². The van der Waals surface area contributed by atoms with E-state index in [4.69, 9.17) is 11.6 Å². The predicted octanol–water partition coefficient (Wildman–Crippen LogP) is 3.18. The lowest BCUT2D eigenvalue weighted by Gasteiger charge is -2.09. The molecule has 4 nitrogen and oxygen atoms in total. The molecule has 0 spiro atoms. The SMILES string of the molecule is CC(C)NCc1cnc(-n2cc(Br)cn2)c(Cl)c1. The molecule has 6 heteroatoms. The van der Waals surface area contributed by atoms with Gasteiger partial charge in [-0.1, -0.05) is 25.4 Å². The molecule has 0 aliphatic carbocycles. The van der Waals surface area contributed by atoms with Crippen LogP contribution in [-0.2, 0) is 6.54 Å². The van der Waals surface area contributed by atoms with Crippen LogP contribution in [0.25, 0.3) is 5.82 Å². The van der Waals surface area contributed by atoms with Crippen LogP contribution >= 0.6 is 27.5 Å². The predicted molar refractivity (Wildman–Crippen MR) is 76.0 cm³/mol. The normalized spacial score (nSPS) is 11.2. The first-order valence-corrected chi connectivity index (χ1v) is 6.81. The van der Waals surface area contributed by atoms with Crippen molar-refractivity contribution in [1.82, 2.24) is 20.1 Å². The molecule has 96 valence electrons. The van der Waals surface area contributed by atoms with E-state index < -0.39 is 0 Å². The summed E-state index contributed by atoms with van der Waals surface area (Å²) in [7, 11) is 0. The molecule has 2 aromatic rings. The Bertz CT molecular complexity index is 539. The molecule has 2 rings (SSSR count). The number of pyridine rings is 1. The third-order valence-corrected chi connectivity index (χ3v) is 3.05. The van der Waals surface area contributed by atoms with E-state index in [0.717, 1.165) is 16.6 Å². The highest BCUT2D eigenvalue weighted by atomic mass is 79.9. The summed E-state index contributed by atoms with van der Waals surface area (Å²) in [5.41, 5.74) is 1.06. The van der Waals surface area contributed by atoms with Gasteiger partial charge in [0.05, 0.1) is 15.7 Å². The summed E-state index contributed by atoms with van der Waals surface area (Å²) in [6, 6.07) is 2.35. The van der Waals surface area contributed by atoms with Crippen LogP contribution in [0.1, 0.15) is 19.4 Å². The maximum atomic E-state index is 6.22. The average Bonchev–Trinajstić information content (AvgIpc) is 2.73. The second-order valence-electron chi connectivity index (χ2n) is 4.29. The minimum Gasteiger partial charge on any atom is -0.310 e. The van der Waals surface area contributed by atoms with Crippen LogP contribution in [0.4, 0.5) is 0 Å². The quantitative estimate of drug-likeness (QED) is 0.937. The molecule has 0 unspecified atom stereocenters. The molecule has 2 aromatic heterocycles. The molecule has 0 atom stereocenters. The molecule has 0 aromatic carbocycles. The number of hydrogen-bond donors (Lipinski definition) is 1. The van der Waals surface area contributed by atoms with Crippen LogP contribution in [0, 0.1) is 0 Å². The van der Waals surface area contributed by atoms with Crippen LogP contribution in [0.5, 0.6) is 0 Å². The zero-order valence-electron chi connectivity index (χ0n) is 10.2. The van der Waals surface area contributed by atoms with Gasteiger partial charge in [0.2, 0.25) is 0 Å². The van der Waals surface area contributed by atoms with Gasteiger partial charge in [-0.15, -0.1) is 0 Å². The van der Waals surface area contributed by atoms with Gasteiger partial charge < -0.3 is 5.32 Å². The van der Waals surface area contributed by atoms with E-state index in [2.05, 4.69) is 45.2 Å². The number of nitrogens with one attached hydrogen (secondary N) is 1. The lowest BCUT2D eigenvalue weighted by molar-refractivity contribution is 0.587. The summed E-state index contributed by atoms with van der Waals surface area (Å²) < 4.78 is 2.54. The van der Waals surface area contributed by atoms with Crippen molar-refractivity contribution in [3.63, 3.8) is 0 Å². The van der Waals surface area contributed by atoms with E-state index in [0.29, 0.717) is 16.9 Å². The highest BCUT2D eigenvalue weighted by molar-refractivity contribution is 9.10. The molecule has 0 aliphatic rings. The van der Waals surface area contributed by atoms with Crippen molar-refractivity contribution in [2.24, 2.45) is 0 Å². The van der Waals surface area contributed by atoms with Crippen LogP contribution in [0.2, 0.25) is 5.02 Å². The van der Waals surface area contributed by atoms with E-state index in [1.165, 1.54) is 0 Å². The van der Waals surface area contributed by atoms with Crippen molar-refractivity contribution >= 4 is 27.5 Å². The van der Waals surface area contributed by atoms with Gasteiger partial charge in [-0.3, -0.25) is 0 Å². The minimum absolute atomic E-state index is 0.436. The first-order valence-electron chi connectivity index (χ1n) is 5.64. The molecule has 0 saturated carbocycles. The summed E-state index contributed by atoms with van der Waals surface area (Å²) in [6.45, 7) is 4.96. The van der Waals surface area contributed by atoms with Gasteiger partial charge >= 0.3 is 0 Å². The van der Waals surface area contributed by atoms with Crippen molar-refractivity contribution in [3.8, 4) is 5.82 Å². The van der Waals surface area contributed by atoms with Gasteiger partial charge in [0.15, 0.2) is 5.82 Å². The maximum absolute atomic E-state index is 6.22. The number of aromatic nitrogens is 3. The Balaban J connectivity index is 2.20. The molecule has 1 N–H and O–H groups in total. The van der Waals surface area contributed by atoms with Crippen LogP contribution in [0.15, 0.2) is 29.1 Å². The Kier molecular flexibility index (Phi) is 4.37. The fourth-order valence-electron chi connectivity index (χ4n) is 1.47. The van der Waals surface area contributed by atoms with E-state index in [1.807, 2.05) is 18.5 Å². The molecule has 0 saturated heterocycles. The van der Waals surface area contributed by atoms with Crippen molar-refractivity contribution in [1.29, 1.82) is 0 Å². The lowest BCUT2D eigenvalue weighted by atomic mass is 10.2. The Labute approximate surface area is 119 Å². The maximum Gasteiger partial charge on any atom is 0.172 e. The van der Waals surface area contributed by atoms with E-state index in [1.54, 1.807) is 10.9 Å². The molecule has 0 aliphatic heterocycles. The molecule has 0 amide bonds. The third kappa shape index (κ3) is 3.31. The zero-order valence-corrected chi connectivity index (χ0v) is 12.5. The van der Waals surface area contributed by atoms with Gasteiger partial charge in [-0.2, -0.15) is 5.10 Å². The third-order valence-electron chi connectivity index (χ3n) is 2.36. The van der Waals surface area contributed by atoms with Gasteiger partial charge in [-0.05, 0) is 27.6 Å². The summed E-state index contributed by atoms with van der Waals surface area (Å²) in [6.07, 6.45) is 5.33. The Morgan fingerprint density at radius 1 is 1.44 bits per heavy atom. The number of halogens is 2. The van der Waals surface area contributed by atoms with Crippen molar-refractivity contribution in [3.05, 3.63) is 39.7 Å².